The zero-order chi connectivity index (χ0) is 12.7. The fraction of sp³-hybridized carbons (Fsp3) is 0.500. The monoisotopic (exact) mass is 235 g/mol. The molecule has 0 saturated heterocycles. The van der Waals surface area contributed by atoms with Crippen LogP contribution in [0.2, 0.25) is 0 Å². The number of para-hydroxylation sites is 1. The fourth-order valence-corrected chi connectivity index (χ4v) is 1.77. The van der Waals surface area contributed by atoms with Gasteiger partial charge in [0.05, 0.1) is 0 Å². The van der Waals surface area contributed by atoms with Gasteiger partial charge in [-0.25, -0.2) is 0 Å². The van der Waals surface area contributed by atoms with Gasteiger partial charge in [0.1, 0.15) is 0 Å². The molecule has 0 bridgehead atoms. The molecule has 0 aliphatic heterocycles. The number of carbonyl (C=O) groups is 1. The third-order valence-corrected chi connectivity index (χ3v) is 2.62. The molecule has 1 atom stereocenters. The molecule has 3 nitrogen and oxygen atoms in total. The lowest BCUT2D eigenvalue weighted by Crippen LogP contribution is -2.37. The molecule has 0 aromatic heterocycles. The van der Waals surface area contributed by atoms with Crippen molar-refractivity contribution in [3.05, 3.63) is 30.3 Å². The van der Waals surface area contributed by atoms with Gasteiger partial charge in [0.15, 0.2) is 6.23 Å². The van der Waals surface area contributed by atoms with Crippen LogP contribution < -0.4 is 4.90 Å². The van der Waals surface area contributed by atoms with Crippen molar-refractivity contribution in [1.29, 1.82) is 0 Å². The van der Waals surface area contributed by atoms with Gasteiger partial charge in [-0.15, -0.1) is 0 Å². The van der Waals surface area contributed by atoms with E-state index >= 15 is 0 Å². The third kappa shape index (κ3) is 4.47. The summed E-state index contributed by atoms with van der Waals surface area (Å²) in [4.78, 5) is 13.1. The predicted octanol–water partition coefficient (Wildman–Crippen LogP) is 3.20. The van der Waals surface area contributed by atoms with E-state index in [9.17, 15) is 4.79 Å². The number of hydrogen-bond donors (Lipinski definition) is 0. The molecule has 0 saturated carbocycles. The van der Waals surface area contributed by atoms with Gasteiger partial charge in [0.2, 0.25) is 0 Å². The first-order valence-electron chi connectivity index (χ1n) is 6.14. The summed E-state index contributed by atoms with van der Waals surface area (Å²) in [6.07, 6.45) is 1.98. The van der Waals surface area contributed by atoms with Crippen LogP contribution in [0.3, 0.4) is 0 Å². The van der Waals surface area contributed by atoms with Gasteiger partial charge in [-0.2, -0.15) is 0 Å². The number of esters is 1. The predicted molar refractivity (Wildman–Crippen MR) is 69.9 cm³/mol. The van der Waals surface area contributed by atoms with Crippen molar-refractivity contribution in [2.24, 2.45) is 0 Å². The Hall–Kier alpha value is -1.51. The van der Waals surface area contributed by atoms with Crippen LogP contribution in [0.25, 0.3) is 0 Å². The summed E-state index contributed by atoms with van der Waals surface area (Å²) in [6.45, 7) is 6.40. The van der Waals surface area contributed by atoms with E-state index < -0.39 is 0 Å². The number of benzene rings is 1. The van der Waals surface area contributed by atoms with Crippen molar-refractivity contribution in [2.75, 3.05) is 11.4 Å². The van der Waals surface area contributed by atoms with Crippen LogP contribution in [-0.4, -0.2) is 18.7 Å². The van der Waals surface area contributed by atoms with Crippen molar-refractivity contribution >= 4 is 11.7 Å². The normalized spacial score (nSPS) is 11.9. The number of nitrogens with zero attached hydrogens (tertiary/aromatic N) is 1. The number of ether oxygens (including phenoxy) is 1. The highest BCUT2D eigenvalue weighted by Crippen LogP contribution is 2.18. The first kappa shape index (κ1) is 13.6. The summed E-state index contributed by atoms with van der Waals surface area (Å²) in [5.41, 5.74) is 1.09. The fourth-order valence-electron chi connectivity index (χ4n) is 1.77. The number of carbonyl (C=O) groups excluding carboxylic acids is 1. The molecule has 0 heterocycles. The maximum Gasteiger partial charge on any atom is 0.304 e. The van der Waals surface area contributed by atoms with E-state index in [-0.39, 0.29) is 12.2 Å². The van der Waals surface area contributed by atoms with Gasteiger partial charge in [0, 0.05) is 19.2 Å². The molecular formula is C14H21NO2. The molecule has 17 heavy (non-hydrogen) atoms. The minimum atomic E-state index is -0.241. The maximum atomic E-state index is 11.0. The average Bonchev–Trinajstić information content (AvgIpc) is 2.30. The Morgan fingerprint density at radius 1 is 1.35 bits per heavy atom. The summed E-state index contributed by atoms with van der Waals surface area (Å²) < 4.78 is 5.25. The quantitative estimate of drug-likeness (QED) is 0.560. The standard InChI is InChI=1S/C14H21NO2/c1-4-5-11-15(12(2)17-13(3)16)14-9-7-6-8-10-14/h6-10,12H,4-5,11H2,1-3H3. The van der Waals surface area contributed by atoms with Crippen LogP contribution in [0.5, 0.6) is 0 Å². The lowest BCUT2D eigenvalue weighted by Gasteiger charge is -2.30. The van der Waals surface area contributed by atoms with Gasteiger partial charge in [0.25, 0.3) is 0 Å². The molecule has 1 aromatic rings. The van der Waals surface area contributed by atoms with Crippen molar-refractivity contribution < 1.29 is 9.53 Å². The van der Waals surface area contributed by atoms with Crippen molar-refractivity contribution in [1.82, 2.24) is 0 Å². The molecule has 0 spiro atoms. The van der Waals surface area contributed by atoms with Gasteiger partial charge >= 0.3 is 5.97 Å². The van der Waals surface area contributed by atoms with E-state index in [4.69, 9.17) is 4.74 Å². The molecule has 0 amide bonds. The molecule has 1 aromatic carbocycles. The first-order chi connectivity index (χ1) is 8.15. The smallest absolute Gasteiger partial charge is 0.304 e. The van der Waals surface area contributed by atoms with Crippen molar-refractivity contribution in [2.45, 2.75) is 39.8 Å². The second-order valence-electron chi connectivity index (χ2n) is 4.09. The first-order valence-corrected chi connectivity index (χ1v) is 6.14. The van der Waals surface area contributed by atoms with Gasteiger partial charge < -0.3 is 9.64 Å². The number of rotatable bonds is 6. The molecule has 0 aliphatic rings. The molecule has 1 unspecified atom stereocenters. The highest BCUT2D eigenvalue weighted by atomic mass is 16.6. The van der Waals surface area contributed by atoms with Crippen LogP contribution >= 0.6 is 0 Å². The van der Waals surface area contributed by atoms with Gasteiger partial charge in [-0.05, 0) is 25.5 Å². The van der Waals surface area contributed by atoms with Crippen molar-refractivity contribution in [3.8, 4) is 0 Å². The van der Waals surface area contributed by atoms with Crippen LogP contribution in [0.1, 0.15) is 33.6 Å². The Morgan fingerprint density at radius 2 is 2.00 bits per heavy atom. The van der Waals surface area contributed by atoms with E-state index in [1.54, 1.807) is 0 Å². The second-order valence-corrected chi connectivity index (χ2v) is 4.09. The van der Waals surface area contributed by atoms with Gasteiger partial charge in [-0.3, -0.25) is 4.79 Å². The highest BCUT2D eigenvalue weighted by molar-refractivity contribution is 5.66. The average molecular weight is 235 g/mol. The van der Waals surface area contributed by atoms with Gasteiger partial charge in [-0.1, -0.05) is 31.5 Å². The largest absolute Gasteiger partial charge is 0.442 e. The van der Waals surface area contributed by atoms with E-state index in [0.717, 1.165) is 25.1 Å². The Kier molecular flexibility index (Phi) is 5.53. The number of anilines is 1. The summed E-state index contributed by atoms with van der Waals surface area (Å²) in [6, 6.07) is 10.0. The summed E-state index contributed by atoms with van der Waals surface area (Å²) >= 11 is 0. The molecule has 3 heteroatoms. The molecule has 0 N–H and O–H groups in total. The lowest BCUT2D eigenvalue weighted by atomic mass is 10.2. The summed E-state index contributed by atoms with van der Waals surface area (Å²) in [7, 11) is 0. The topological polar surface area (TPSA) is 29.5 Å². The molecule has 1 rings (SSSR count). The maximum absolute atomic E-state index is 11.0. The van der Waals surface area contributed by atoms with E-state index in [1.165, 1.54) is 6.92 Å². The second kappa shape index (κ2) is 6.94. The Balaban J connectivity index is 2.76. The highest BCUT2D eigenvalue weighted by Gasteiger charge is 2.15. The summed E-state index contributed by atoms with van der Waals surface area (Å²) in [5.74, 6) is -0.241. The number of hydrogen-bond acceptors (Lipinski definition) is 3. The SMILES string of the molecule is CCCCN(c1ccccc1)C(C)OC(C)=O. The van der Waals surface area contributed by atoms with E-state index in [0.29, 0.717) is 0 Å². The van der Waals surface area contributed by atoms with Crippen molar-refractivity contribution in [3.63, 3.8) is 0 Å². The molecular weight excluding hydrogens is 214 g/mol. The molecule has 0 aliphatic carbocycles. The molecule has 94 valence electrons. The Bertz CT molecular complexity index is 337. The lowest BCUT2D eigenvalue weighted by molar-refractivity contribution is -0.145. The van der Waals surface area contributed by atoms with Crippen LogP contribution in [0.15, 0.2) is 30.3 Å². The van der Waals surface area contributed by atoms with E-state index in [2.05, 4.69) is 11.8 Å². The van der Waals surface area contributed by atoms with Crippen LogP contribution in [-0.2, 0) is 9.53 Å². The zero-order valence-electron chi connectivity index (χ0n) is 10.8. The summed E-state index contributed by atoms with van der Waals surface area (Å²) in [5, 5.41) is 0. The minimum Gasteiger partial charge on any atom is -0.442 e. The Labute approximate surface area is 103 Å². The van der Waals surface area contributed by atoms with Crippen LogP contribution in [0, 0.1) is 0 Å². The molecule has 0 radical (unpaired) electrons. The number of unbranched alkanes of at least 4 members (excludes halogenated alkanes) is 1. The minimum absolute atomic E-state index is 0.221. The zero-order valence-corrected chi connectivity index (χ0v) is 10.8. The van der Waals surface area contributed by atoms with Crippen LogP contribution in [0.4, 0.5) is 5.69 Å². The Morgan fingerprint density at radius 3 is 2.53 bits per heavy atom. The van der Waals surface area contributed by atoms with E-state index in [1.807, 2.05) is 37.3 Å². The molecule has 0 fully saturated rings. The third-order valence-electron chi connectivity index (χ3n) is 2.62.